The highest BCUT2D eigenvalue weighted by Crippen LogP contribution is 2.26. The van der Waals surface area contributed by atoms with E-state index in [1.54, 1.807) is 0 Å². The average molecular weight is 255 g/mol. The van der Waals surface area contributed by atoms with Gasteiger partial charge in [0.1, 0.15) is 0 Å². The van der Waals surface area contributed by atoms with E-state index in [2.05, 4.69) is 48.2 Å². The van der Waals surface area contributed by atoms with Gasteiger partial charge < -0.3 is 5.32 Å². The van der Waals surface area contributed by atoms with Crippen LogP contribution in [0.4, 0.5) is 0 Å². The summed E-state index contributed by atoms with van der Waals surface area (Å²) in [6.45, 7) is 7.41. The molecule has 0 aliphatic heterocycles. The fourth-order valence-corrected chi connectivity index (χ4v) is 2.26. The first-order valence-corrected chi connectivity index (χ1v) is 6.78. The van der Waals surface area contributed by atoms with Crippen LogP contribution in [0.2, 0.25) is 0 Å². The maximum absolute atomic E-state index is 4.27. The molecule has 0 amide bonds. The zero-order chi connectivity index (χ0) is 13.7. The van der Waals surface area contributed by atoms with Crippen LogP contribution in [0.5, 0.6) is 0 Å². The number of pyridine rings is 2. The predicted molar refractivity (Wildman–Crippen MR) is 78.1 cm³/mol. The summed E-state index contributed by atoms with van der Waals surface area (Å²) in [7, 11) is 0. The Hall–Kier alpha value is -1.74. The van der Waals surface area contributed by atoms with E-state index in [9.17, 15) is 0 Å². The van der Waals surface area contributed by atoms with Crippen molar-refractivity contribution < 1.29 is 0 Å². The summed E-state index contributed by atoms with van der Waals surface area (Å²) in [5, 5.41) is 3.62. The standard InChI is InChI=1S/C16H21N3/c1-4-7-19-16(14-6-9-17-10-13(14)3)15-11-18-8-5-12(15)2/h5-6,8-11,16,19H,4,7H2,1-3H3. The van der Waals surface area contributed by atoms with E-state index in [-0.39, 0.29) is 6.04 Å². The van der Waals surface area contributed by atoms with Crippen molar-refractivity contribution in [2.24, 2.45) is 0 Å². The van der Waals surface area contributed by atoms with Gasteiger partial charge >= 0.3 is 0 Å². The summed E-state index contributed by atoms with van der Waals surface area (Å²) in [5.41, 5.74) is 4.99. The van der Waals surface area contributed by atoms with Gasteiger partial charge in [-0.25, -0.2) is 0 Å². The lowest BCUT2D eigenvalue weighted by atomic mass is 9.94. The molecule has 0 radical (unpaired) electrons. The van der Waals surface area contributed by atoms with E-state index in [0.29, 0.717) is 0 Å². The first kappa shape index (κ1) is 13.7. The summed E-state index contributed by atoms with van der Waals surface area (Å²) in [6.07, 6.45) is 8.69. The summed E-state index contributed by atoms with van der Waals surface area (Å²) in [6, 6.07) is 4.35. The first-order valence-electron chi connectivity index (χ1n) is 6.78. The topological polar surface area (TPSA) is 37.8 Å². The molecule has 19 heavy (non-hydrogen) atoms. The van der Waals surface area contributed by atoms with Crippen molar-refractivity contribution in [1.29, 1.82) is 0 Å². The lowest BCUT2D eigenvalue weighted by molar-refractivity contribution is 0.591. The van der Waals surface area contributed by atoms with E-state index in [0.717, 1.165) is 13.0 Å². The Balaban J connectivity index is 2.42. The zero-order valence-corrected chi connectivity index (χ0v) is 11.9. The van der Waals surface area contributed by atoms with Crippen molar-refractivity contribution in [3.8, 4) is 0 Å². The number of aryl methyl sites for hydroxylation is 2. The van der Waals surface area contributed by atoms with Gasteiger partial charge in [0, 0.05) is 24.8 Å². The molecule has 0 aliphatic carbocycles. The smallest absolute Gasteiger partial charge is 0.0598 e. The molecule has 0 aromatic carbocycles. The molecular formula is C16H21N3. The van der Waals surface area contributed by atoms with Crippen molar-refractivity contribution in [2.45, 2.75) is 33.2 Å². The van der Waals surface area contributed by atoms with Gasteiger partial charge in [0.05, 0.1) is 6.04 Å². The van der Waals surface area contributed by atoms with Crippen molar-refractivity contribution in [1.82, 2.24) is 15.3 Å². The van der Waals surface area contributed by atoms with E-state index in [4.69, 9.17) is 0 Å². The van der Waals surface area contributed by atoms with Crippen LogP contribution in [0.15, 0.2) is 36.9 Å². The highest BCUT2D eigenvalue weighted by atomic mass is 14.9. The minimum Gasteiger partial charge on any atom is -0.306 e. The second kappa shape index (κ2) is 6.43. The third kappa shape index (κ3) is 3.18. The average Bonchev–Trinajstić information content (AvgIpc) is 2.42. The molecule has 1 atom stereocenters. The summed E-state index contributed by atoms with van der Waals surface area (Å²) < 4.78 is 0. The highest BCUT2D eigenvalue weighted by molar-refractivity contribution is 5.37. The van der Waals surface area contributed by atoms with Crippen molar-refractivity contribution in [3.05, 3.63) is 59.2 Å². The molecule has 1 N–H and O–H groups in total. The van der Waals surface area contributed by atoms with Crippen LogP contribution in [0.25, 0.3) is 0 Å². The quantitative estimate of drug-likeness (QED) is 0.891. The van der Waals surface area contributed by atoms with E-state index < -0.39 is 0 Å². The van der Waals surface area contributed by atoms with E-state index >= 15 is 0 Å². The Morgan fingerprint density at radius 1 is 1.00 bits per heavy atom. The van der Waals surface area contributed by atoms with Crippen molar-refractivity contribution >= 4 is 0 Å². The molecule has 3 nitrogen and oxygen atoms in total. The minimum atomic E-state index is 0.191. The third-order valence-electron chi connectivity index (χ3n) is 3.36. The van der Waals surface area contributed by atoms with Crippen LogP contribution in [0, 0.1) is 13.8 Å². The molecule has 0 aliphatic rings. The summed E-state index contributed by atoms with van der Waals surface area (Å²) in [4.78, 5) is 8.45. The fourth-order valence-electron chi connectivity index (χ4n) is 2.26. The van der Waals surface area contributed by atoms with Gasteiger partial charge in [0.15, 0.2) is 0 Å². The molecule has 100 valence electrons. The van der Waals surface area contributed by atoms with Crippen molar-refractivity contribution in [2.75, 3.05) is 6.54 Å². The number of aromatic nitrogens is 2. The number of nitrogens with zero attached hydrogens (tertiary/aromatic N) is 2. The van der Waals surface area contributed by atoms with Gasteiger partial charge in [-0.2, -0.15) is 0 Å². The third-order valence-corrected chi connectivity index (χ3v) is 3.36. The van der Waals surface area contributed by atoms with Crippen LogP contribution >= 0.6 is 0 Å². The van der Waals surface area contributed by atoms with Crippen LogP contribution in [-0.4, -0.2) is 16.5 Å². The lowest BCUT2D eigenvalue weighted by Gasteiger charge is -2.22. The maximum Gasteiger partial charge on any atom is 0.0598 e. The van der Waals surface area contributed by atoms with Crippen molar-refractivity contribution in [3.63, 3.8) is 0 Å². The molecule has 0 fully saturated rings. The Bertz CT molecular complexity index is 492. The van der Waals surface area contributed by atoms with Gasteiger partial charge in [-0.15, -0.1) is 0 Å². The van der Waals surface area contributed by atoms with Gasteiger partial charge in [-0.05, 0) is 61.2 Å². The SMILES string of the molecule is CCCNC(c1ccncc1C)c1cnccc1C. The number of rotatable bonds is 5. The van der Waals surface area contributed by atoms with Crippen LogP contribution in [-0.2, 0) is 0 Å². The second-order valence-corrected chi connectivity index (χ2v) is 4.85. The zero-order valence-electron chi connectivity index (χ0n) is 11.9. The van der Waals surface area contributed by atoms with E-state index in [1.165, 1.54) is 22.3 Å². The van der Waals surface area contributed by atoms with Crippen LogP contribution in [0.1, 0.15) is 41.6 Å². The Morgan fingerprint density at radius 3 is 2.42 bits per heavy atom. The molecule has 3 heteroatoms. The fraction of sp³-hybridized carbons (Fsp3) is 0.375. The first-order chi connectivity index (χ1) is 9.24. The summed E-state index contributed by atoms with van der Waals surface area (Å²) >= 11 is 0. The molecule has 0 bridgehead atoms. The Kier molecular flexibility index (Phi) is 4.63. The van der Waals surface area contributed by atoms with Crippen LogP contribution in [0.3, 0.4) is 0 Å². The molecule has 0 spiro atoms. The predicted octanol–water partition coefficient (Wildman–Crippen LogP) is 3.18. The van der Waals surface area contributed by atoms with E-state index in [1.807, 2.05) is 24.8 Å². The molecule has 2 rings (SSSR count). The van der Waals surface area contributed by atoms with Gasteiger partial charge in [-0.3, -0.25) is 9.97 Å². The largest absolute Gasteiger partial charge is 0.306 e. The highest BCUT2D eigenvalue weighted by Gasteiger charge is 2.17. The Morgan fingerprint density at radius 2 is 1.74 bits per heavy atom. The molecular weight excluding hydrogens is 234 g/mol. The van der Waals surface area contributed by atoms with Gasteiger partial charge in [0.25, 0.3) is 0 Å². The molecule has 0 saturated heterocycles. The normalized spacial score (nSPS) is 12.4. The second-order valence-electron chi connectivity index (χ2n) is 4.85. The molecule has 2 aromatic rings. The molecule has 2 aromatic heterocycles. The van der Waals surface area contributed by atoms with Gasteiger partial charge in [0.2, 0.25) is 0 Å². The molecule has 0 saturated carbocycles. The van der Waals surface area contributed by atoms with Gasteiger partial charge in [-0.1, -0.05) is 6.92 Å². The lowest BCUT2D eigenvalue weighted by Crippen LogP contribution is -2.24. The number of hydrogen-bond acceptors (Lipinski definition) is 3. The maximum atomic E-state index is 4.27. The Labute approximate surface area is 115 Å². The van der Waals surface area contributed by atoms with Crippen LogP contribution < -0.4 is 5.32 Å². The minimum absolute atomic E-state index is 0.191. The monoisotopic (exact) mass is 255 g/mol. The summed E-state index contributed by atoms with van der Waals surface area (Å²) in [5.74, 6) is 0. The molecule has 1 unspecified atom stereocenters. The number of nitrogens with one attached hydrogen (secondary N) is 1. The molecule has 2 heterocycles. The number of hydrogen-bond donors (Lipinski definition) is 1.